The summed E-state index contributed by atoms with van der Waals surface area (Å²) in [4.78, 5) is 32.7. The van der Waals surface area contributed by atoms with Gasteiger partial charge in [-0.25, -0.2) is 9.79 Å². The highest BCUT2D eigenvalue weighted by Crippen LogP contribution is 2.33. The maximum absolute atomic E-state index is 13.7. The fraction of sp³-hybridized carbons (Fsp3) is 0.207. The van der Waals surface area contributed by atoms with Crippen LogP contribution in [-0.4, -0.2) is 30.9 Å². The molecule has 1 aliphatic heterocycles. The molecule has 0 bridgehead atoms. The normalized spacial score (nSPS) is 15.2. The zero-order valence-corrected chi connectivity index (χ0v) is 22.6. The van der Waals surface area contributed by atoms with Crippen molar-refractivity contribution < 1.29 is 19.0 Å². The molecule has 0 radical (unpaired) electrons. The van der Waals surface area contributed by atoms with Gasteiger partial charge >= 0.3 is 5.97 Å². The zero-order chi connectivity index (χ0) is 26.5. The number of methoxy groups -OCH3 is 1. The number of esters is 1. The van der Waals surface area contributed by atoms with Crippen molar-refractivity contribution >= 4 is 34.7 Å². The Hall–Kier alpha value is -3.79. The molecule has 1 atom stereocenters. The highest BCUT2D eigenvalue weighted by atomic mass is 32.1. The quantitative estimate of drug-likeness (QED) is 0.234. The number of nitrogens with zero attached hydrogens (tertiary/aromatic N) is 2. The van der Waals surface area contributed by atoms with Gasteiger partial charge in [0.15, 0.2) is 4.80 Å². The summed E-state index contributed by atoms with van der Waals surface area (Å²) >= 11 is 2.79. The van der Waals surface area contributed by atoms with Crippen LogP contribution in [0.2, 0.25) is 0 Å². The van der Waals surface area contributed by atoms with Gasteiger partial charge in [0.25, 0.3) is 5.56 Å². The first kappa shape index (κ1) is 25.8. The van der Waals surface area contributed by atoms with Crippen LogP contribution < -0.4 is 19.6 Å². The van der Waals surface area contributed by atoms with Gasteiger partial charge in [0.1, 0.15) is 25.0 Å². The SMILES string of the molecule is COCCOC(=O)C1=C(C)N=c2s/c(=C\c3ccc(OCc4ccccc4)cc3)c(=O)n2C1c1cccs1. The molecule has 2 aromatic heterocycles. The van der Waals surface area contributed by atoms with E-state index in [0.717, 1.165) is 21.8 Å². The number of fused-ring (bicyclic) bond motifs is 1. The summed E-state index contributed by atoms with van der Waals surface area (Å²) in [6.45, 7) is 2.67. The number of allylic oxidation sites excluding steroid dienone is 1. The molecular formula is C29H26N2O5S2. The van der Waals surface area contributed by atoms with E-state index in [0.29, 0.717) is 27.2 Å². The monoisotopic (exact) mass is 546 g/mol. The number of rotatable bonds is 9. The number of benzene rings is 2. The average molecular weight is 547 g/mol. The molecule has 4 aromatic rings. The summed E-state index contributed by atoms with van der Waals surface area (Å²) < 4.78 is 18.4. The van der Waals surface area contributed by atoms with E-state index in [1.54, 1.807) is 18.6 Å². The third-order valence-electron chi connectivity index (χ3n) is 6.00. The number of carbonyl (C=O) groups is 1. The van der Waals surface area contributed by atoms with E-state index in [1.165, 1.54) is 22.7 Å². The van der Waals surface area contributed by atoms with Crippen LogP contribution in [0.4, 0.5) is 0 Å². The lowest BCUT2D eigenvalue weighted by molar-refractivity contribution is -0.140. The molecule has 3 heterocycles. The second-order valence-corrected chi connectivity index (χ2v) is 10.6. The molecular weight excluding hydrogens is 520 g/mol. The van der Waals surface area contributed by atoms with Crippen molar-refractivity contribution in [2.45, 2.75) is 19.6 Å². The van der Waals surface area contributed by atoms with Gasteiger partial charge in [-0.05, 0) is 47.7 Å². The second-order valence-electron chi connectivity index (χ2n) is 8.57. The Labute approximate surface area is 227 Å². The molecule has 0 amide bonds. The van der Waals surface area contributed by atoms with Gasteiger partial charge in [-0.2, -0.15) is 0 Å². The van der Waals surface area contributed by atoms with Crippen molar-refractivity contribution in [3.63, 3.8) is 0 Å². The van der Waals surface area contributed by atoms with Crippen LogP contribution >= 0.6 is 22.7 Å². The topological polar surface area (TPSA) is 79.1 Å². The van der Waals surface area contributed by atoms with Gasteiger partial charge in [0.2, 0.25) is 0 Å². The van der Waals surface area contributed by atoms with Gasteiger partial charge in [0.05, 0.1) is 22.4 Å². The Morgan fingerprint density at radius 2 is 1.84 bits per heavy atom. The lowest BCUT2D eigenvalue weighted by Gasteiger charge is -2.23. The Morgan fingerprint density at radius 1 is 1.05 bits per heavy atom. The van der Waals surface area contributed by atoms with Gasteiger partial charge in [0, 0.05) is 12.0 Å². The molecule has 0 fully saturated rings. The van der Waals surface area contributed by atoms with Crippen LogP contribution in [-0.2, 0) is 20.9 Å². The number of thiophene rings is 1. The summed E-state index contributed by atoms with van der Waals surface area (Å²) in [7, 11) is 1.54. The van der Waals surface area contributed by atoms with E-state index in [-0.39, 0.29) is 18.8 Å². The maximum Gasteiger partial charge on any atom is 0.338 e. The average Bonchev–Trinajstić information content (AvgIpc) is 3.57. The molecule has 38 heavy (non-hydrogen) atoms. The first-order valence-corrected chi connectivity index (χ1v) is 13.7. The standard InChI is InChI=1S/C29H26N2O5S2/c1-19-25(28(33)35-15-14-34-2)26(23-9-6-16-37-23)31-27(32)24(38-29(31)30-19)17-20-10-12-22(13-11-20)36-18-21-7-4-3-5-8-21/h3-13,16-17,26H,14-15,18H2,1-2H3/b24-17-. The fourth-order valence-electron chi connectivity index (χ4n) is 4.15. The van der Waals surface area contributed by atoms with Crippen LogP contribution in [0.3, 0.4) is 0 Å². The van der Waals surface area contributed by atoms with Crippen molar-refractivity contribution in [2.24, 2.45) is 4.99 Å². The second kappa shape index (κ2) is 11.7. The van der Waals surface area contributed by atoms with Crippen LogP contribution in [0.5, 0.6) is 5.75 Å². The van der Waals surface area contributed by atoms with Crippen molar-refractivity contribution in [3.05, 3.63) is 119 Å². The summed E-state index contributed by atoms with van der Waals surface area (Å²) in [5.74, 6) is 0.250. The van der Waals surface area contributed by atoms with Crippen LogP contribution in [0, 0.1) is 0 Å². The lowest BCUT2D eigenvalue weighted by Crippen LogP contribution is -2.39. The summed E-state index contributed by atoms with van der Waals surface area (Å²) in [5, 5.41) is 1.93. The third kappa shape index (κ3) is 5.55. The molecule has 7 nitrogen and oxygen atoms in total. The number of thiazole rings is 1. The molecule has 0 saturated carbocycles. The highest BCUT2D eigenvalue weighted by molar-refractivity contribution is 7.10. The van der Waals surface area contributed by atoms with E-state index in [2.05, 4.69) is 4.99 Å². The Kier molecular flexibility index (Phi) is 7.97. The minimum absolute atomic E-state index is 0.124. The largest absolute Gasteiger partial charge is 0.489 e. The van der Waals surface area contributed by atoms with Gasteiger partial charge in [-0.1, -0.05) is 59.9 Å². The van der Waals surface area contributed by atoms with E-state index < -0.39 is 12.0 Å². The number of hydrogen-bond donors (Lipinski definition) is 0. The smallest absolute Gasteiger partial charge is 0.338 e. The van der Waals surface area contributed by atoms with Gasteiger partial charge in [-0.15, -0.1) is 11.3 Å². The predicted octanol–water partition coefficient (Wildman–Crippen LogP) is 4.07. The van der Waals surface area contributed by atoms with E-state index >= 15 is 0 Å². The summed E-state index contributed by atoms with van der Waals surface area (Å²) in [6, 6.07) is 20.8. The molecule has 0 spiro atoms. The van der Waals surface area contributed by atoms with Gasteiger partial charge < -0.3 is 14.2 Å². The van der Waals surface area contributed by atoms with Crippen LogP contribution in [0.25, 0.3) is 6.08 Å². The Balaban J connectivity index is 1.45. The van der Waals surface area contributed by atoms with E-state index in [1.807, 2.05) is 78.2 Å². The highest BCUT2D eigenvalue weighted by Gasteiger charge is 2.34. The molecule has 9 heteroatoms. The number of ether oxygens (including phenoxy) is 3. The minimum Gasteiger partial charge on any atom is -0.489 e. The minimum atomic E-state index is -0.600. The van der Waals surface area contributed by atoms with Crippen molar-refractivity contribution in [2.75, 3.05) is 20.3 Å². The lowest BCUT2D eigenvalue weighted by atomic mass is 10.0. The van der Waals surface area contributed by atoms with Crippen LogP contribution in [0.15, 0.2) is 93.2 Å². The third-order valence-corrected chi connectivity index (χ3v) is 7.91. The van der Waals surface area contributed by atoms with Crippen molar-refractivity contribution in [1.29, 1.82) is 0 Å². The Morgan fingerprint density at radius 3 is 2.55 bits per heavy atom. The molecule has 194 valence electrons. The molecule has 0 N–H and O–H groups in total. The predicted molar refractivity (Wildman–Crippen MR) is 148 cm³/mol. The van der Waals surface area contributed by atoms with Crippen molar-refractivity contribution in [1.82, 2.24) is 4.57 Å². The summed E-state index contributed by atoms with van der Waals surface area (Å²) in [5.41, 5.74) is 2.66. The summed E-state index contributed by atoms with van der Waals surface area (Å²) in [6.07, 6.45) is 1.84. The Bertz CT molecular complexity index is 1620. The first-order valence-electron chi connectivity index (χ1n) is 12.0. The zero-order valence-electron chi connectivity index (χ0n) is 21.0. The van der Waals surface area contributed by atoms with Gasteiger partial charge in [-0.3, -0.25) is 9.36 Å². The number of hydrogen-bond acceptors (Lipinski definition) is 8. The first-order chi connectivity index (χ1) is 18.5. The molecule has 0 aliphatic carbocycles. The number of aromatic nitrogens is 1. The van der Waals surface area contributed by atoms with E-state index in [4.69, 9.17) is 14.2 Å². The molecule has 0 saturated heterocycles. The molecule has 1 unspecified atom stereocenters. The van der Waals surface area contributed by atoms with Crippen molar-refractivity contribution in [3.8, 4) is 5.75 Å². The number of carbonyl (C=O) groups excluding carboxylic acids is 1. The van der Waals surface area contributed by atoms with Crippen LogP contribution in [0.1, 0.15) is 29.0 Å². The molecule has 1 aliphatic rings. The van der Waals surface area contributed by atoms with E-state index in [9.17, 15) is 9.59 Å². The molecule has 5 rings (SSSR count). The fourth-order valence-corrected chi connectivity index (χ4v) is 6.02. The maximum atomic E-state index is 13.7. The molecule has 2 aromatic carbocycles.